The highest BCUT2D eigenvalue weighted by molar-refractivity contribution is 14.1. The number of aryl methyl sites for hydroxylation is 1. The van der Waals surface area contributed by atoms with Gasteiger partial charge in [0.15, 0.2) is 0 Å². The lowest BCUT2D eigenvalue weighted by Crippen LogP contribution is -2.06. The summed E-state index contributed by atoms with van der Waals surface area (Å²) >= 11 is 2.24. The van der Waals surface area contributed by atoms with Crippen LogP contribution in [0.2, 0.25) is 0 Å². The van der Waals surface area contributed by atoms with E-state index in [1.165, 1.54) is 9.13 Å². The molecule has 1 aromatic rings. The van der Waals surface area contributed by atoms with Crippen LogP contribution in [0.1, 0.15) is 11.1 Å². The van der Waals surface area contributed by atoms with Crippen molar-refractivity contribution in [3.8, 4) is 0 Å². The third-order valence-electron chi connectivity index (χ3n) is 1.73. The molecule has 0 bridgehead atoms. The summed E-state index contributed by atoms with van der Waals surface area (Å²) < 4.78 is 6.14. The quantitative estimate of drug-likeness (QED) is 0.868. The molecule has 3 nitrogen and oxygen atoms in total. The van der Waals surface area contributed by atoms with Crippen molar-refractivity contribution in [1.82, 2.24) is 0 Å². The fraction of sp³-hybridized carbons (Fsp3) is 0.300. The van der Waals surface area contributed by atoms with Gasteiger partial charge in [-0.15, -0.1) is 0 Å². The van der Waals surface area contributed by atoms with Gasteiger partial charge >= 0.3 is 5.97 Å². The highest BCUT2D eigenvalue weighted by Crippen LogP contribution is 2.13. The van der Waals surface area contributed by atoms with Crippen molar-refractivity contribution < 1.29 is 14.6 Å². The highest BCUT2D eigenvalue weighted by atomic mass is 127. The molecule has 1 N–H and O–H groups in total. The minimum absolute atomic E-state index is 0.246. The lowest BCUT2D eigenvalue weighted by molar-refractivity contribution is -0.142. The maximum atomic E-state index is 10.2. The summed E-state index contributed by atoms with van der Waals surface area (Å²) in [6, 6.07) is 5.94. The number of hydrogen-bond donors (Lipinski definition) is 1. The van der Waals surface area contributed by atoms with E-state index in [-0.39, 0.29) is 6.61 Å². The van der Waals surface area contributed by atoms with Crippen LogP contribution < -0.4 is 0 Å². The molecular formula is C10H11IO3. The summed E-state index contributed by atoms with van der Waals surface area (Å²) in [5.74, 6) is -0.938. The topological polar surface area (TPSA) is 46.5 Å². The fourth-order valence-corrected chi connectivity index (χ4v) is 1.56. The number of aliphatic carboxylic acids is 1. The third kappa shape index (κ3) is 3.63. The van der Waals surface area contributed by atoms with Crippen molar-refractivity contribution in [3.63, 3.8) is 0 Å². The maximum absolute atomic E-state index is 10.2. The second kappa shape index (κ2) is 5.31. The van der Waals surface area contributed by atoms with Gasteiger partial charge in [0.25, 0.3) is 0 Å². The first kappa shape index (κ1) is 11.5. The number of rotatable bonds is 4. The SMILES string of the molecule is Cc1ccc(COCC(=O)O)cc1I. The monoisotopic (exact) mass is 306 g/mol. The molecule has 0 saturated heterocycles. The summed E-state index contributed by atoms with van der Waals surface area (Å²) in [7, 11) is 0. The van der Waals surface area contributed by atoms with E-state index < -0.39 is 5.97 Å². The van der Waals surface area contributed by atoms with Gasteiger partial charge in [-0.3, -0.25) is 0 Å². The highest BCUT2D eigenvalue weighted by Gasteiger charge is 2.00. The summed E-state index contributed by atoms with van der Waals surface area (Å²) in [5, 5.41) is 8.36. The van der Waals surface area contributed by atoms with Crippen LogP contribution in [-0.2, 0) is 16.1 Å². The summed E-state index contributed by atoms with van der Waals surface area (Å²) in [4.78, 5) is 10.2. The van der Waals surface area contributed by atoms with Crippen molar-refractivity contribution >= 4 is 28.6 Å². The molecule has 0 unspecified atom stereocenters. The molecule has 0 heterocycles. The van der Waals surface area contributed by atoms with Crippen molar-refractivity contribution in [2.75, 3.05) is 6.61 Å². The maximum Gasteiger partial charge on any atom is 0.329 e. The molecule has 0 spiro atoms. The number of benzene rings is 1. The van der Waals surface area contributed by atoms with Crippen molar-refractivity contribution in [2.24, 2.45) is 0 Å². The Morgan fingerprint density at radius 2 is 2.29 bits per heavy atom. The van der Waals surface area contributed by atoms with E-state index in [0.29, 0.717) is 6.61 Å². The van der Waals surface area contributed by atoms with E-state index in [0.717, 1.165) is 5.56 Å². The van der Waals surface area contributed by atoms with Gasteiger partial charge in [0.1, 0.15) is 6.61 Å². The van der Waals surface area contributed by atoms with Crippen LogP contribution in [0.4, 0.5) is 0 Å². The molecule has 14 heavy (non-hydrogen) atoms. The Morgan fingerprint density at radius 3 is 2.86 bits per heavy atom. The van der Waals surface area contributed by atoms with E-state index in [1.54, 1.807) is 0 Å². The van der Waals surface area contributed by atoms with Crippen LogP contribution in [0.15, 0.2) is 18.2 Å². The van der Waals surface area contributed by atoms with Crippen LogP contribution >= 0.6 is 22.6 Å². The molecule has 0 radical (unpaired) electrons. The molecule has 0 aliphatic heterocycles. The molecule has 1 aromatic carbocycles. The van der Waals surface area contributed by atoms with Gasteiger partial charge in [0, 0.05) is 3.57 Å². The molecule has 1 rings (SSSR count). The Kier molecular flexibility index (Phi) is 4.34. The lowest BCUT2D eigenvalue weighted by Gasteiger charge is -2.04. The standard InChI is InChI=1S/C10H11IO3/c1-7-2-3-8(4-9(7)11)5-14-6-10(12)13/h2-4H,5-6H2,1H3,(H,12,13). The fourth-order valence-electron chi connectivity index (χ4n) is 0.982. The molecule has 0 aliphatic rings. The summed E-state index contributed by atoms with van der Waals surface area (Å²) in [6.45, 7) is 2.14. The zero-order valence-electron chi connectivity index (χ0n) is 7.79. The van der Waals surface area contributed by atoms with E-state index in [1.807, 2.05) is 25.1 Å². The molecule has 0 aromatic heterocycles. The largest absolute Gasteiger partial charge is 0.480 e. The molecule has 0 amide bonds. The molecule has 0 atom stereocenters. The second-order valence-corrected chi connectivity index (χ2v) is 4.13. The van der Waals surface area contributed by atoms with Gasteiger partial charge in [-0.1, -0.05) is 12.1 Å². The first-order valence-corrected chi connectivity index (χ1v) is 5.22. The van der Waals surface area contributed by atoms with Crippen LogP contribution in [0, 0.1) is 10.5 Å². The van der Waals surface area contributed by atoms with Crippen LogP contribution in [0.3, 0.4) is 0 Å². The van der Waals surface area contributed by atoms with Crippen molar-refractivity contribution in [3.05, 3.63) is 32.9 Å². The smallest absolute Gasteiger partial charge is 0.329 e. The number of carboxylic acid groups (broad SMARTS) is 1. The average Bonchev–Trinajstić information content (AvgIpc) is 2.10. The van der Waals surface area contributed by atoms with E-state index in [4.69, 9.17) is 9.84 Å². The van der Waals surface area contributed by atoms with Crippen LogP contribution in [-0.4, -0.2) is 17.7 Å². The number of carboxylic acids is 1. The normalized spacial score (nSPS) is 10.1. The van der Waals surface area contributed by atoms with Gasteiger partial charge < -0.3 is 9.84 Å². The molecular weight excluding hydrogens is 295 g/mol. The Balaban J connectivity index is 2.51. The number of hydrogen-bond acceptors (Lipinski definition) is 2. The number of ether oxygens (including phenoxy) is 1. The predicted molar refractivity (Wildman–Crippen MR) is 61.2 cm³/mol. The Hall–Kier alpha value is -0.620. The zero-order valence-corrected chi connectivity index (χ0v) is 9.95. The lowest BCUT2D eigenvalue weighted by atomic mass is 10.2. The Morgan fingerprint density at radius 1 is 1.57 bits per heavy atom. The van der Waals surface area contributed by atoms with Gasteiger partial charge in [0.05, 0.1) is 6.61 Å². The average molecular weight is 306 g/mol. The summed E-state index contributed by atoms with van der Waals surface area (Å²) in [6.07, 6.45) is 0. The predicted octanol–water partition coefficient (Wildman–Crippen LogP) is 2.20. The molecule has 0 saturated carbocycles. The van der Waals surface area contributed by atoms with Crippen LogP contribution in [0.25, 0.3) is 0 Å². The minimum atomic E-state index is -0.938. The van der Waals surface area contributed by atoms with E-state index in [9.17, 15) is 4.79 Å². The molecule has 0 aliphatic carbocycles. The van der Waals surface area contributed by atoms with Gasteiger partial charge in [0.2, 0.25) is 0 Å². The third-order valence-corrected chi connectivity index (χ3v) is 2.89. The first-order valence-electron chi connectivity index (χ1n) is 4.14. The van der Waals surface area contributed by atoms with E-state index >= 15 is 0 Å². The molecule has 76 valence electrons. The zero-order chi connectivity index (χ0) is 10.6. The Labute approximate surface area is 96.2 Å². The summed E-state index contributed by atoms with van der Waals surface area (Å²) in [5.41, 5.74) is 2.22. The van der Waals surface area contributed by atoms with Gasteiger partial charge in [-0.05, 0) is 46.7 Å². The second-order valence-electron chi connectivity index (χ2n) is 2.97. The van der Waals surface area contributed by atoms with E-state index in [2.05, 4.69) is 22.6 Å². The number of halogens is 1. The molecule has 0 fully saturated rings. The van der Waals surface area contributed by atoms with Crippen molar-refractivity contribution in [2.45, 2.75) is 13.5 Å². The van der Waals surface area contributed by atoms with Gasteiger partial charge in [-0.2, -0.15) is 0 Å². The molecule has 4 heteroatoms. The number of carbonyl (C=O) groups is 1. The minimum Gasteiger partial charge on any atom is -0.480 e. The van der Waals surface area contributed by atoms with Crippen LogP contribution in [0.5, 0.6) is 0 Å². The first-order chi connectivity index (χ1) is 6.59. The Bertz CT molecular complexity index is 336. The van der Waals surface area contributed by atoms with Crippen molar-refractivity contribution in [1.29, 1.82) is 0 Å². The van der Waals surface area contributed by atoms with Gasteiger partial charge in [-0.25, -0.2) is 4.79 Å².